The van der Waals surface area contributed by atoms with Crippen LogP contribution in [0.4, 0.5) is 9.18 Å². The number of hydrogen-bond donors (Lipinski definition) is 0. The average molecular weight is 249 g/mol. The van der Waals surface area contributed by atoms with Crippen molar-refractivity contribution in [1.29, 1.82) is 5.26 Å². The molecule has 1 atom stereocenters. The van der Waals surface area contributed by atoms with Crippen LogP contribution in [-0.4, -0.2) is 36.5 Å². The van der Waals surface area contributed by atoms with E-state index in [0.29, 0.717) is 11.3 Å². The largest absolute Gasteiger partial charge is 0.496 e. The lowest BCUT2D eigenvalue weighted by Crippen LogP contribution is -2.26. The number of benzene rings is 1. The Hall–Kier alpha value is -2.29. The SMILES string of the molecule is COc1ccc(F)cc1C1CN(C#N)C(=O)N1C. The number of urea groups is 1. The molecule has 1 aliphatic rings. The molecule has 5 nitrogen and oxygen atoms in total. The predicted octanol–water partition coefficient (Wildman–Crippen LogP) is 1.72. The number of carbonyl (C=O) groups excluding carboxylic acids is 1. The highest BCUT2D eigenvalue weighted by atomic mass is 19.1. The fourth-order valence-electron chi connectivity index (χ4n) is 2.05. The monoisotopic (exact) mass is 249 g/mol. The van der Waals surface area contributed by atoms with Crippen molar-refractivity contribution >= 4 is 6.03 Å². The van der Waals surface area contributed by atoms with Gasteiger partial charge in [-0.1, -0.05) is 0 Å². The molecule has 18 heavy (non-hydrogen) atoms. The van der Waals surface area contributed by atoms with Crippen molar-refractivity contribution in [3.05, 3.63) is 29.6 Å². The molecule has 1 unspecified atom stereocenters. The molecule has 0 bridgehead atoms. The third-order valence-corrected chi connectivity index (χ3v) is 3.03. The van der Waals surface area contributed by atoms with Crippen molar-refractivity contribution < 1.29 is 13.9 Å². The van der Waals surface area contributed by atoms with Gasteiger partial charge in [-0.25, -0.2) is 14.1 Å². The maximum atomic E-state index is 13.3. The Kier molecular flexibility index (Phi) is 3.06. The van der Waals surface area contributed by atoms with Gasteiger partial charge in [-0.2, -0.15) is 5.26 Å². The van der Waals surface area contributed by atoms with E-state index < -0.39 is 11.8 Å². The maximum absolute atomic E-state index is 13.3. The van der Waals surface area contributed by atoms with E-state index in [9.17, 15) is 9.18 Å². The second-order valence-corrected chi connectivity index (χ2v) is 4.01. The number of hydrogen-bond acceptors (Lipinski definition) is 3. The van der Waals surface area contributed by atoms with Gasteiger partial charge in [0.1, 0.15) is 11.6 Å². The van der Waals surface area contributed by atoms with Crippen molar-refractivity contribution in [2.24, 2.45) is 0 Å². The highest BCUT2D eigenvalue weighted by molar-refractivity contribution is 5.79. The molecule has 0 N–H and O–H groups in total. The molecular formula is C12H12FN3O2. The molecule has 2 amide bonds. The minimum absolute atomic E-state index is 0.200. The maximum Gasteiger partial charge on any atom is 0.333 e. The first-order chi connectivity index (χ1) is 8.58. The molecule has 1 fully saturated rings. The Morgan fingerprint density at radius 2 is 2.28 bits per heavy atom. The van der Waals surface area contributed by atoms with E-state index in [-0.39, 0.29) is 12.6 Å². The van der Waals surface area contributed by atoms with Crippen LogP contribution in [0, 0.1) is 17.3 Å². The van der Waals surface area contributed by atoms with E-state index in [4.69, 9.17) is 10.00 Å². The summed E-state index contributed by atoms with van der Waals surface area (Å²) in [5, 5.41) is 8.82. The molecule has 2 rings (SSSR count). The van der Waals surface area contributed by atoms with Gasteiger partial charge in [0.15, 0.2) is 6.19 Å². The Morgan fingerprint density at radius 3 is 2.83 bits per heavy atom. The highest BCUT2D eigenvalue weighted by Crippen LogP contribution is 2.34. The van der Waals surface area contributed by atoms with E-state index in [2.05, 4.69) is 0 Å². The van der Waals surface area contributed by atoms with Gasteiger partial charge in [0.25, 0.3) is 0 Å². The van der Waals surface area contributed by atoms with Crippen LogP contribution < -0.4 is 4.74 Å². The summed E-state index contributed by atoms with van der Waals surface area (Å²) in [6, 6.07) is 3.35. The average Bonchev–Trinajstić information content (AvgIpc) is 2.66. The van der Waals surface area contributed by atoms with Crippen molar-refractivity contribution in [1.82, 2.24) is 9.80 Å². The molecule has 1 heterocycles. The summed E-state index contributed by atoms with van der Waals surface area (Å²) < 4.78 is 18.5. The first-order valence-corrected chi connectivity index (χ1v) is 5.36. The lowest BCUT2D eigenvalue weighted by atomic mass is 10.1. The number of methoxy groups -OCH3 is 1. The summed E-state index contributed by atoms with van der Waals surface area (Å²) in [4.78, 5) is 14.1. The Balaban J connectivity index is 2.41. The predicted molar refractivity (Wildman–Crippen MR) is 61.2 cm³/mol. The summed E-state index contributed by atoms with van der Waals surface area (Å²) in [6.07, 6.45) is 1.80. The Morgan fingerprint density at radius 1 is 1.56 bits per heavy atom. The molecule has 94 valence electrons. The van der Waals surface area contributed by atoms with Crippen LogP contribution in [0.25, 0.3) is 0 Å². The summed E-state index contributed by atoms with van der Waals surface area (Å²) in [5.41, 5.74) is 0.561. The molecule has 1 aromatic rings. The van der Waals surface area contributed by atoms with Crippen LogP contribution in [0.2, 0.25) is 0 Å². The zero-order valence-electron chi connectivity index (χ0n) is 10.1. The van der Waals surface area contributed by atoms with Crippen molar-refractivity contribution in [3.63, 3.8) is 0 Å². The summed E-state index contributed by atoms with van der Waals surface area (Å²) in [5.74, 6) is 0.0999. The molecule has 1 aromatic carbocycles. The van der Waals surface area contributed by atoms with Gasteiger partial charge in [0.2, 0.25) is 0 Å². The van der Waals surface area contributed by atoms with Crippen LogP contribution in [0.5, 0.6) is 5.75 Å². The van der Waals surface area contributed by atoms with Crippen molar-refractivity contribution in [2.45, 2.75) is 6.04 Å². The zero-order chi connectivity index (χ0) is 13.3. The standard InChI is InChI=1S/C12H12FN3O2/c1-15-10(6-16(7-14)12(15)17)9-5-8(13)3-4-11(9)18-2/h3-5,10H,6H2,1-2H3. The zero-order valence-corrected chi connectivity index (χ0v) is 10.1. The quantitative estimate of drug-likeness (QED) is 0.750. The number of halogens is 1. The van der Waals surface area contributed by atoms with Crippen LogP contribution >= 0.6 is 0 Å². The minimum atomic E-state index is -0.401. The molecular weight excluding hydrogens is 237 g/mol. The summed E-state index contributed by atoms with van der Waals surface area (Å²) in [7, 11) is 3.06. The smallest absolute Gasteiger partial charge is 0.333 e. The van der Waals surface area contributed by atoms with Gasteiger partial charge >= 0.3 is 6.03 Å². The van der Waals surface area contributed by atoms with E-state index >= 15 is 0 Å². The van der Waals surface area contributed by atoms with Gasteiger partial charge in [0.05, 0.1) is 19.7 Å². The highest BCUT2D eigenvalue weighted by Gasteiger charge is 2.37. The van der Waals surface area contributed by atoms with E-state index in [0.717, 1.165) is 4.90 Å². The molecule has 1 saturated heterocycles. The van der Waals surface area contributed by atoms with Crippen molar-refractivity contribution in [3.8, 4) is 11.9 Å². The van der Waals surface area contributed by atoms with Gasteiger partial charge in [-0.15, -0.1) is 0 Å². The van der Waals surface area contributed by atoms with Crippen LogP contribution in [0.15, 0.2) is 18.2 Å². The van der Waals surface area contributed by atoms with E-state index in [1.807, 2.05) is 0 Å². The summed E-state index contributed by atoms with van der Waals surface area (Å²) in [6.45, 7) is 0.200. The fourth-order valence-corrected chi connectivity index (χ4v) is 2.05. The van der Waals surface area contributed by atoms with Gasteiger partial charge in [-0.05, 0) is 18.2 Å². The Bertz CT molecular complexity index is 527. The lowest BCUT2D eigenvalue weighted by Gasteiger charge is -2.20. The lowest BCUT2D eigenvalue weighted by molar-refractivity contribution is 0.205. The molecule has 0 aromatic heterocycles. The Labute approximate surface area is 104 Å². The first-order valence-electron chi connectivity index (χ1n) is 5.36. The topological polar surface area (TPSA) is 56.6 Å². The third kappa shape index (κ3) is 1.84. The molecule has 0 radical (unpaired) electrons. The minimum Gasteiger partial charge on any atom is -0.496 e. The molecule has 0 aliphatic carbocycles. The normalized spacial score (nSPS) is 19.0. The van der Waals surface area contributed by atoms with Gasteiger partial charge < -0.3 is 9.64 Å². The number of carbonyl (C=O) groups is 1. The number of nitriles is 1. The second-order valence-electron chi connectivity index (χ2n) is 4.01. The molecule has 6 heteroatoms. The third-order valence-electron chi connectivity index (χ3n) is 3.03. The summed E-state index contributed by atoms with van der Waals surface area (Å²) >= 11 is 0. The van der Waals surface area contributed by atoms with Crippen molar-refractivity contribution in [2.75, 3.05) is 20.7 Å². The van der Waals surface area contributed by atoms with Crippen LogP contribution in [0.3, 0.4) is 0 Å². The number of likely N-dealkylation sites (N-methyl/N-ethyl adjacent to an activating group) is 1. The second kappa shape index (κ2) is 4.53. The number of ether oxygens (including phenoxy) is 1. The first kappa shape index (κ1) is 12.2. The number of rotatable bonds is 2. The van der Waals surface area contributed by atoms with Gasteiger partial charge in [0, 0.05) is 12.6 Å². The van der Waals surface area contributed by atoms with E-state index in [1.54, 1.807) is 13.2 Å². The van der Waals surface area contributed by atoms with E-state index in [1.165, 1.54) is 30.2 Å². The molecule has 0 spiro atoms. The van der Waals surface area contributed by atoms with Gasteiger partial charge in [-0.3, -0.25) is 0 Å². The van der Waals surface area contributed by atoms with Crippen LogP contribution in [0.1, 0.15) is 11.6 Å². The molecule has 1 aliphatic heterocycles. The fraction of sp³-hybridized carbons (Fsp3) is 0.333. The number of amides is 2. The van der Waals surface area contributed by atoms with Crippen LogP contribution in [-0.2, 0) is 0 Å². The molecule has 0 saturated carbocycles. The number of nitrogens with zero attached hydrogens (tertiary/aromatic N) is 3.